The number of nitrogens with one attached hydrogen (secondary N) is 1. The van der Waals surface area contributed by atoms with Gasteiger partial charge in [0.05, 0.1) is 5.39 Å². The lowest BCUT2D eigenvalue weighted by Gasteiger charge is -2.30. The smallest absolute Gasteiger partial charge is 0.341 e. The maximum Gasteiger partial charge on any atom is 0.341 e. The summed E-state index contributed by atoms with van der Waals surface area (Å²) < 4.78 is 31.8. The molecule has 2 aromatic heterocycles. The summed E-state index contributed by atoms with van der Waals surface area (Å²) in [4.78, 5) is 30.2. The van der Waals surface area contributed by atoms with E-state index >= 15 is 4.39 Å². The number of pyridine rings is 2. The fourth-order valence-electron chi connectivity index (χ4n) is 3.96. The van der Waals surface area contributed by atoms with Gasteiger partial charge in [-0.1, -0.05) is 0 Å². The number of hydrogen-bond donors (Lipinski definition) is 2. The molecule has 0 bridgehead atoms. The third kappa shape index (κ3) is 2.84. The fraction of sp³-hybridized carbons (Fsp3) is 0.350. The van der Waals surface area contributed by atoms with E-state index in [2.05, 4.69) is 10.3 Å². The van der Waals surface area contributed by atoms with Crippen LogP contribution in [0.5, 0.6) is 0 Å². The van der Waals surface area contributed by atoms with Crippen molar-refractivity contribution in [3.8, 4) is 0 Å². The number of aromatic nitrogens is 2. The monoisotopic (exact) mass is 400 g/mol. The van der Waals surface area contributed by atoms with Crippen LogP contribution in [0.3, 0.4) is 0 Å². The third-order valence-corrected chi connectivity index (χ3v) is 5.56. The number of fused-ring (bicyclic) bond motifs is 2. The van der Waals surface area contributed by atoms with Crippen molar-refractivity contribution < 1.29 is 18.7 Å². The van der Waals surface area contributed by atoms with Crippen LogP contribution in [0.4, 0.5) is 14.5 Å². The quantitative estimate of drug-likeness (QED) is 0.656. The van der Waals surface area contributed by atoms with Crippen LogP contribution in [-0.2, 0) is 0 Å². The average Bonchev–Trinajstić information content (AvgIpc) is 3.53. The Bertz CT molecular complexity index is 1230. The van der Waals surface area contributed by atoms with Gasteiger partial charge in [0, 0.05) is 43.8 Å². The highest BCUT2D eigenvalue weighted by Gasteiger charge is 2.29. The molecule has 9 heteroatoms. The van der Waals surface area contributed by atoms with Crippen LogP contribution in [-0.4, -0.2) is 46.8 Å². The Morgan fingerprint density at radius 2 is 1.93 bits per heavy atom. The second-order valence-corrected chi connectivity index (χ2v) is 7.50. The predicted octanol–water partition coefficient (Wildman–Crippen LogP) is 2.27. The highest BCUT2D eigenvalue weighted by atomic mass is 19.1. The Balaban J connectivity index is 1.81. The summed E-state index contributed by atoms with van der Waals surface area (Å²) >= 11 is 0. The van der Waals surface area contributed by atoms with E-state index in [1.54, 1.807) is 9.47 Å². The van der Waals surface area contributed by atoms with E-state index in [4.69, 9.17) is 0 Å². The van der Waals surface area contributed by atoms with Gasteiger partial charge in [0.1, 0.15) is 28.2 Å². The first kappa shape index (κ1) is 18.0. The second kappa shape index (κ2) is 6.48. The molecule has 1 aliphatic carbocycles. The number of carboxylic acids is 1. The number of benzene rings is 1. The molecule has 2 aliphatic rings. The summed E-state index contributed by atoms with van der Waals surface area (Å²) in [6.07, 6.45) is 2.94. The largest absolute Gasteiger partial charge is 0.477 e. The van der Waals surface area contributed by atoms with E-state index in [9.17, 15) is 19.1 Å². The van der Waals surface area contributed by atoms with Gasteiger partial charge in [-0.05, 0) is 25.0 Å². The van der Waals surface area contributed by atoms with Gasteiger partial charge in [0.15, 0.2) is 5.82 Å². The molecule has 2 fully saturated rings. The van der Waals surface area contributed by atoms with E-state index in [1.165, 1.54) is 12.3 Å². The van der Waals surface area contributed by atoms with E-state index in [0.29, 0.717) is 26.2 Å². The molecule has 0 unspecified atom stereocenters. The van der Waals surface area contributed by atoms with Crippen molar-refractivity contribution in [3.63, 3.8) is 0 Å². The van der Waals surface area contributed by atoms with E-state index < -0.39 is 23.0 Å². The summed E-state index contributed by atoms with van der Waals surface area (Å²) in [7, 11) is 0. The summed E-state index contributed by atoms with van der Waals surface area (Å²) in [5.41, 5.74) is -0.987. The molecule has 1 aromatic carbocycles. The van der Waals surface area contributed by atoms with Crippen LogP contribution in [0, 0.1) is 11.6 Å². The molecule has 1 aliphatic heterocycles. The Hall–Kier alpha value is -3.07. The molecule has 1 saturated carbocycles. The molecule has 1 saturated heterocycles. The lowest BCUT2D eigenvalue weighted by molar-refractivity contribution is 0.0695. The minimum Gasteiger partial charge on any atom is -0.477 e. The van der Waals surface area contributed by atoms with Crippen LogP contribution in [0.15, 0.2) is 23.1 Å². The first-order chi connectivity index (χ1) is 14.0. The zero-order valence-corrected chi connectivity index (χ0v) is 15.4. The normalized spacial score (nSPS) is 17.2. The number of hydrogen-bond acceptors (Lipinski definition) is 5. The molecule has 3 aromatic rings. The van der Waals surface area contributed by atoms with Crippen LogP contribution < -0.4 is 15.6 Å². The zero-order chi connectivity index (χ0) is 20.3. The maximum atomic E-state index is 15.4. The molecular weight excluding hydrogens is 382 g/mol. The molecule has 2 N–H and O–H groups in total. The lowest BCUT2D eigenvalue weighted by Crippen LogP contribution is -2.44. The van der Waals surface area contributed by atoms with E-state index in [1.807, 2.05) is 0 Å². The summed E-state index contributed by atoms with van der Waals surface area (Å²) in [5, 5.41) is 12.7. The third-order valence-electron chi connectivity index (χ3n) is 5.56. The van der Waals surface area contributed by atoms with Crippen LogP contribution in [0.25, 0.3) is 21.9 Å². The summed E-state index contributed by atoms with van der Waals surface area (Å²) in [6.45, 7) is 2.20. The fourth-order valence-corrected chi connectivity index (χ4v) is 3.96. The van der Waals surface area contributed by atoms with Gasteiger partial charge in [0.2, 0.25) is 5.43 Å². The summed E-state index contributed by atoms with van der Waals surface area (Å²) in [5.74, 6) is -2.83. The Morgan fingerprint density at radius 3 is 2.59 bits per heavy atom. The Labute approximate surface area is 163 Å². The number of halogens is 2. The van der Waals surface area contributed by atoms with Gasteiger partial charge in [-0.2, -0.15) is 0 Å². The van der Waals surface area contributed by atoms with Crippen molar-refractivity contribution in [1.29, 1.82) is 0 Å². The van der Waals surface area contributed by atoms with Gasteiger partial charge in [-0.15, -0.1) is 0 Å². The Morgan fingerprint density at radius 1 is 1.21 bits per heavy atom. The zero-order valence-electron chi connectivity index (χ0n) is 15.4. The SMILES string of the molecule is O=C(O)c1cn(C2CC2)c2nc3c(F)c(N4CCNCC4)c(F)cc3cc2c1=O. The van der Waals surface area contributed by atoms with Crippen molar-refractivity contribution in [3.05, 3.63) is 45.8 Å². The minimum absolute atomic E-state index is 0.0238. The highest BCUT2D eigenvalue weighted by Crippen LogP contribution is 2.38. The molecule has 0 atom stereocenters. The number of carbonyl (C=O) groups is 1. The van der Waals surface area contributed by atoms with Crippen molar-refractivity contribution in [2.75, 3.05) is 31.1 Å². The van der Waals surface area contributed by atoms with Gasteiger partial charge in [0.25, 0.3) is 0 Å². The molecule has 29 heavy (non-hydrogen) atoms. The van der Waals surface area contributed by atoms with Gasteiger partial charge >= 0.3 is 5.97 Å². The Kier molecular flexibility index (Phi) is 4.02. The molecule has 5 rings (SSSR count). The molecule has 0 amide bonds. The predicted molar refractivity (Wildman–Crippen MR) is 104 cm³/mol. The van der Waals surface area contributed by atoms with E-state index in [0.717, 1.165) is 18.9 Å². The maximum absolute atomic E-state index is 15.4. The standard InChI is InChI=1S/C20H18F2N4O3/c21-14-8-10-7-12-18(27)13(20(28)29)9-26(11-1-2-11)19(12)24-16(10)15(22)17(14)25-5-3-23-4-6-25/h7-9,11,23H,1-6H2,(H,28,29). The minimum atomic E-state index is -1.34. The molecule has 150 valence electrons. The second-order valence-electron chi connectivity index (χ2n) is 7.50. The molecule has 0 spiro atoms. The first-order valence-corrected chi connectivity index (χ1v) is 9.52. The van der Waals surface area contributed by atoms with Gasteiger partial charge in [-0.25, -0.2) is 18.6 Å². The number of aromatic carboxylic acids is 1. The molecular formula is C20H18F2N4O3. The number of rotatable bonds is 3. The lowest BCUT2D eigenvalue weighted by atomic mass is 10.1. The van der Waals surface area contributed by atoms with Crippen LogP contribution >= 0.6 is 0 Å². The van der Waals surface area contributed by atoms with Crippen molar-refractivity contribution in [2.24, 2.45) is 0 Å². The summed E-state index contributed by atoms with van der Waals surface area (Å²) in [6, 6.07) is 2.53. The first-order valence-electron chi connectivity index (χ1n) is 9.52. The van der Waals surface area contributed by atoms with E-state index in [-0.39, 0.29) is 39.2 Å². The average molecular weight is 400 g/mol. The van der Waals surface area contributed by atoms with Gasteiger partial charge in [-0.3, -0.25) is 4.79 Å². The number of piperazine rings is 1. The van der Waals surface area contributed by atoms with Gasteiger partial charge < -0.3 is 19.9 Å². The van der Waals surface area contributed by atoms with Crippen molar-refractivity contribution in [1.82, 2.24) is 14.9 Å². The number of anilines is 1. The van der Waals surface area contributed by atoms with Crippen molar-refractivity contribution in [2.45, 2.75) is 18.9 Å². The highest BCUT2D eigenvalue weighted by molar-refractivity contribution is 5.97. The molecule has 3 heterocycles. The van der Waals surface area contributed by atoms with Crippen LogP contribution in [0.2, 0.25) is 0 Å². The molecule has 0 radical (unpaired) electrons. The van der Waals surface area contributed by atoms with Crippen molar-refractivity contribution >= 4 is 33.6 Å². The number of carboxylic acid groups (broad SMARTS) is 1. The molecule has 7 nitrogen and oxygen atoms in total. The van der Waals surface area contributed by atoms with Crippen LogP contribution in [0.1, 0.15) is 29.2 Å². The topological polar surface area (TPSA) is 87.5 Å². The number of nitrogens with zero attached hydrogens (tertiary/aromatic N) is 3.